The van der Waals surface area contributed by atoms with Crippen molar-refractivity contribution in [3.8, 4) is 0 Å². The van der Waals surface area contributed by atoms with E-state index in [1.807, 2.05) is 42.6 Å². The van der Waals surface area contributed by atoms with E-state index in [1.165, 1.54) is 5.56 Å². The van der Waals surface area contributed by atoms with Gasteiger partial charge < -0.3 is 0 Å². The molecule has 17 heavy (non-hydrogen) atoms. The molecule has 1 aromatic carbocycles. The van der Waals surface area contributed by atoms with Gasteiger partial charge in [-0.1, -0.05) is 36.4 Å². The Morgan fingerprint density at radius 3 is 2.59 bits per heavy atom. The lowest BCUT2D eigenvalue weighted by Gasteiger charge is -2.05. The second kappa shape index (κ2) is 5.73. The van der Waals surface area contributed by atoms with Crippen LogP contribution in [0.3, 0.4) is 0 Å². The summed E-state index contributed by atoms with van der Waals surface area (Å²) in [4.78, 5) is 8.80. The van der Waals surface area contributed by atoms with Crippen molar-refractivity contribution in [3.63, 3.8) is 0 Å². The van der Waals surface area contributed by atoms with Crippen LogP contribution >= 0.6 is 15.9 Å². The molecule has 0 N–H and O–H groups in total. The molecule has 0 aliphatic heterocycles. The average Bonchev–Trinajstić information content (AvgIpc) is 2.37. The smallest absolute Gasteiger partial charge is 0.106 e. The average molecular weight is 289 g/mol. The van der Waals surface area contributed by atoms with Gasteiger partial charge in [0.05, 0.1) is 11.7 Å². The molecule has 0 radical (unpaired) electrons. The predicted molar refractivity (Wildman–Crippen MR) is 74.4 cm³/mol. The van der Waals surface area contributed by atoms with Gasteiger partial charge in [0, 0.05) is 6.21 Å². The molecular weight excluding hydrogens is 276 g/mol. The highest BCUT2D eigenvalue weighted by molar-refractivity contribution is 9.10. The van der Waals surface area contributed by atoms with E-state index in [-0.39, 0.29) is 6.04 Å². The fraction of sp³-hybridized carbons (Fsp3) is 0.143. The summed E-state index contributed by atoms with van der Waals surface area (Å²) in [6.45, 7) is 2.07. The maximum absolute atomic E-state index is 4.50. The molecule has 0 amide bonds. The van der Waals surface area contributed by atoms with Gasteiger partial charge in [0.15, 0.2) is 0 Å². The highest BCUT2D eigenvalue weighted by Crippen LogP contribution is 2.15. The summed E-state index contributed by atoms with van der Waals surface area (Å²) in [5, 5.41) is 0. The van der Waals surface area contributed by atoms with Crippen LogP contribution in [0.1, 0.15) is 24.2 Å². The second-order valence-corrected chi connectivity index (χ2v) is 4.56. The van der Waals surface area contributed by atoms with E-state index in [0.717, 1.165) is 10.3 Å². The molecule has 0 saturated carbocycles. The van der Waals surface area contributed by atoms with Gasteiger partial charge in [0.1, 0.15) is 4.60 Å². The fourth-order valence-corrected chi connectivity index (χ4v) is 1.86. The van der Waals surface area contributed by atoms with Crippen molar-refractivity contribution >= 4 is 22.1 Å². The van der Waals surface area contributed by atoms with Crippen LogP contribution in [0, 0.1) is 0 Å². The molecule has 2 rings (SSSR count). The summed E-state index contributed by atoms with van der Waals surface area (Å²) in [5.41, 5.74) is 2.07. The first-order valence-electron chi connectivity index (χ1n) is 5.46. The molecule has 0 spiro atoms. The van der Waals surface area contributed by atoms with Gasteiger partial charge in [-0.3, -0.25) is 4.99 Å². The molecule has 3 heteroatoms. The first-order chi connectivity index (χ1) is 8.25. The number of halogens is 1. The number of hydrogen-bond donors (Lipinski definition) is 0. The minimum absolute atomic E-state index is 0.150. The molecule has 2 aromatic rings. The standard InChI is InChI=1S/C14H13BrN2/c1-11(12-6-3-2-4-7-12)16-10-13-8-5-9-14(15)17-13/h2-11H,1H3. The SMILES string of the molecule is CC(N=Cc1cccc(Br)n1)c1ccccc1. The van der Waals surface area contributed by atoms with E-state index in [1.54, 1.807) is 0 Å². The zero-order valence-electron chi connectivity index (χ0n) is 9.55. The van der Waals surface area contributed by atoms with Gasteiger partial charge in [-0.05, 0) is 40.5 Å². The topological polar surface area (TPSA) is 25.2 Å². The molecule has 1 heterocycles. The molecule has 0 aliphatic carbocycles. The summed E-state index contributed by atoms with van der Waals surface area (Å²) in [6, 6.07) is 16.2. The van der Waals surface area contributed by atoms with Crippen LogP contribution in [0.2, 0.25) is 0 Å². The zero-order chi connectivity index (χ0) is 12.1. The monoisotopic (exact) mass is 288 g/mol. The summed E-state index contributed by atoms with van der Waals surface area (Å²) in [6.07, 6.45) is 1.81. The third-order valence-electron chi connectivity index (χ3n) is 2.45. The third-order valence-corrected chi connectivity index (χ3v) is 2.89. The molecular formula is C14H13BrN2. The summed E-state index contributed by atoms with van der Waals surface area (Å²) < 4.78 is 0.828. The Morgan fingerprint density at radius 1 is 1.12 bits per heavy atom. The van der Waals surface area contributed by atoms with Crippen molar-refractivity contribution in [2.75, 3.05) is 0 Å². The van der Waals surface area contributed by atoms with Crippen LogP contribution in [0.25, 0.3) is 0 Å². The molecule has 86 valence electrons. The van der Waals surface area contributed by atoms with Crippen molar-refractivity contribution in [1.29, 1.82) is 0 Å². The Hall–Kier alpha value is -1.48. The lowest BCUT2D eigenvalue weighted by atomic mass is 10.1. The van der Waals surface area contributed by atoms with Gasteiger partial charge in [-0.2, -0.15) is 0 Å². The van der Waals surface area contributed by atoms with Crippen molar-refractivity contribution < 1.29 is 0 Å². The fourth-order valence-electron chi connectivity index (χ4n) is 1.50. The van der Waals surface area contributed by atoms with Gasteiger partial charge >= 0.3 is 0 Å². The summed E-state index contributed by atoms with van der Waals surface area (Å²) >= 11 is 3.34. The Kier molecular flexibility index (Phi) is 4.04. The first kappa shape index (κ1) is 12.0. The maximum atomic E-state index is 4.50. The van der Waals surface area contributed by atoms with E-state index in [9.17, 15) is 0 Å². The Labute approximate surface area is 110 Å². The van der Waals surface area contributed by atoms with Crippen molar-refractivity contribution in [2.45, 2.75) is 13.0 Å². The van der Waals surface area contributed by atoms with E-state index >= 15 is 0 Å². The van der Waals surface area contributed by atoms with E-state index in [4.69, 9.17) is 0 Å². The highest BCUT2D eigenvalue weighted by Gasteiger charge is 2.00. The largest absolute Gasteiger partial charge is 0.283 e. The molecule has 0 fully saturated rings. The molecule has 1 atom stereocenters. The molecule has 0 bridgehead atoms. The van der Waals surface area contributed by atoms with Crippen LogP contribution in [-0.2, 0) is 0 Å². The van der Waals surface area contributed by atoms with Crippen LogP contribution in [0.4, 0.5) is 0 Å². The quantitative estimate of drug-likeness (QED) is 0.618. The van der Waals surface area contributed by atoms with Crippen LogP contribution < -0.4 is 0 Å². The van der Waals surface area contributed by atoms with Gasteiger partial charge in [-0.15, -0.1) is 0 Å². The lowest BCUT2D eigenvalue weighted by molar-refractivity contribution is 0.824. The predicted octanol–water partition coefficient (Wildman–Crippen LogP) is 4.02. The Balaban J connectivity index is 2.11. The Bertz CT molecular complexity index is 509. The number of rotatable bonds is 3. The maximum Gasteiger partial charge on any atom is 0.106 e. The molecule has 2 nitrogen and oxygen atoms in total. The number of aliphatic imine (C=N–C) groups is 1. The number of nitrogens with zero attached hydrogens (tertiary/aromatic N) is 2. The third kappa shape index (κ3) is 3.49. The highest BCUT2D eigenvalue weighted by atomic mass is 79.9. The van der Waals surface area contributed by atoms with E-state index < -0.39 is 0 Å². The van der Waals surface area contributed by atoms with E-state index in [0.29, 0.717) is 0 Å². The Morgan fingerprint density at radius 2 is 1.88 bits per heavy atom. The number of pyridine rings is 1. The van der Waals surface area contributed by atoms with Crippen LogP contribution in [0.15, 0.2) is 58.1 Å². The number of benzene rings is 1. The summed E-state index contributed by atoms with van der Waals surface area (Å²) in [5.74, 6) is 0. The van der Waals surface area contributed by atoms with Gasteiger partial charge in [-0.25, -0.2) is 4.98 Å². The molecule has 1 aromatic heterocycles. The second-order valence-electron chi connectivity index (χ2n) is 3.75. The number of aromatic nitrogens is 1. The van der Waals surface area contributed by atoms with Gasteiger partial charge in [0.25, 0.3) is 0 Å². The lowest BCUT2D eigenvalue weighted by Crippen LogP contribution is -1.92. The van der Waals surface area contributed by atoms with Crippen molar-refractivity contribution in [3.05, 3.63) is 64.4 Å². The number of hydrogen-bond acceptors (Lipinski definition) is 2. The van der Waals surface area contributed by atoms with Crippen molar-refractivity contribution in [1.82, 2.24) is 4.98 Å². The normalized spacial score (nSPS) is 12.8. The molecule has 0 aliphatic rings. The van der Waals surface area contributed by atoms with E-state index in [2.05, 4.69) is 45.0 Å². The van der Waals surface area contributed by atoms with Crippen LogP contribution in [0.5, 0.6) is 0 Å². The minimum atomic E-state index is 0.150. The van der Waals surface area contributed by atoms with Crippen molar-refractivity contribution in [2.24, 2.45) is 4.99 Å². The molecule has 0 saturated heterocycles. The minimum Gasteiger partial charge on any atom is -0.283 e. The zero-order valence-corrected chi connectivity index (χ0v) is 11.1. The first-order valence-corrected chi connectivity index (χ1v) is 6.25. The summed E-state index contributed by atoms with van der Waals surface area (Å²) in [7, 11) is 0. The van der Waals surface area contributed by atoms with Gasteiger partial charge in [0.2, 0.25) is 0 Å². The van der Waals surface area contributed by atoms with Crippen LogP contribution in [-0.4, -0.2) is 11.2 Å². The molecule has 1 unspecified atom stereocenters.